The van der Waals surface area contributed by atoms with Gasteiger partial charge in [0, 0.05) is 13.0 Å². The zero-order chi connectivity index (χ0) is 22.8. The van der Waals surface area contributed by atoms with E-state index in [0.717, 1.165) is 24.3 Å². The fourth-order valence-electron chi connectivity index (χ4n) is 3.31. The normalized spacial score (nSPS) is 17.7. The second-order valence-corrected chi connectivity index (χ2v) is 7.17. The van der Waals surface area contributed by atoms with Crippen LogP contribution in [-0.4, -0.2) is 29.2 Å². The summed E-state index contributed by atoms with van der Waals surface area (Å²) in [6.45, 7) is -0.649. The maximum absolute atomic E-state index is 12.9. The van der Waals surface area contributed by atoms with Gasteiger partial charge in [0.2, 0.25) is 0 Å². The van der Waals surface area contributed by atoms with Gasteiger partial charge in [-0.15, -0.1) is 0 Å². The molecular weight excluding hydrogens is 428 g/mol. The van der Waals surface area contributed by atoms with Crippen molar-refractivity contribution in [3.8, 4) is 0 Å². The number of carbonyl (C=O) groups excluding carboxylic acids is 2. The van der Waals surface area contributed by atoms with E-state index in [1.165, 1.54) is 29.2 Å². The van der Waals surface area contributed by atoms with E-state index < -0.39 is 42.1 Å². The number of rotatable bonds is 5. The molecule has 0 amide bonds. The van der Waals surface area contributed by atoms with Crippen LogP contribution in [0.2, 0.25) is 0 Å². The molecule has 2 aromatic carbocycles. The lowest BCUT2D eigenvalue weighted by Crippen LogP contribution is -2.36. The number of carbonyl (C=O) groups is 2. The van der Waals surface area contributed by atoms with Gasteiger partial charge in [0.15, 0.2) is 0 Å². The lowest BCUT2D eigenvalue weighted by Gasteiger charge is -2.22. The van der Waals surface area contributed by atoms with Gasteiger partial charge in [-0.1, -0.05) is 30.3 Å². The van der Waals surface area contributed by atoms with E-state index in [4.69, 9.17) is 4.74 Å². The highest BCUT2D eigenvalue weighted by Gasteiger charge is 2.37. The molecule has 1 atom stereocenters. The standard InChI is InChI=1S/C21H17F6NO3/c22-20(23,24)15-5-1-3-13(7-15)10-28-11-17(29)9-18(28)19(30)31-12-14-4-2-6-16(8-14)21(25,26)27/h1-8,18H,9-12H2/t18-/m1/s1. The minimum absolute atomic E-state index is 0.0843. The largest absolute Gasteiger partial charge is 0.460 e. The van der Waals surface area contributed by atoms with Gasteiger partial charge in [0.1, 0.15) is 18.4 Å². The number of esters is 1. The first-order valence-corrected chi connectivity index (χ1v) is 9.18. The molecule has 2 aromatic rings. The Hall–Kier alpha value is -2.88. The van der Waals surface area contributed by atoms with Crippen LogP contribution in [0.3, 0.4) is 0 Å². The monoisotopic (exact) mass is 445 g/mol. The third-order valence-corrected chi connectivity index (χ3v) is 4.79. The molecule has 0 saturated carbocycles. The van der Waals surface area contributed by atoms with Crippen LogP contribution in [-0.2, 0) is 39.8 Å². The maximum Gasteiger partial charge on any atom is 0.416 e. The number of benzene rings is 2. The third-order valence-electron chi connectivity index (χ3n) is 4.79. The number of halogens is 6. The first kappa shape index (κ1) is 22.8. The minimum atomic E-state index is -4.54. The van der Waals surface area contributed by atoms with Crippen molar-refractivity contribution in [3.05, 3.63) is 70.8 Å². The van der Waals surface area contributed by atoms with Gasteiger partial charge >= 0.3 is 18.3 Å². The van der Waals surface area contributed by atoms with Crippen molar-refractivity contribution in [3.63, 3.8) is 0 Å². The molecule has 0 aromatic heterocycles. The van der Waals surface area contributed by atoms with Crippen LogP contribution < -0.4 is 0 Å². The van der Waals surface area contributed by atoms with Crippen molar-refractivity contribution in [2.75, 3.05) is 6.54 Å². The Morgan fingerprint density at radius 1 is 0.935 bits per heavy atom. The highest BCUT2D eigenvalue weighted by molar-refractivity contribution is 5.91. The predicted molar refractivity (Wildman–Crippen MR) is 96.5 cm³/mol. The second-order valence-electron chi connectivity index (χ2n) is 7.17. The summed E-state index contributed by atoms with van der Waals surface area (Å²) in [5.41, 5.74) is -1.35. The Morgan fingerprint density at radius 3 is 2.06 bits per heavy atom. The molecule has 0 spiro atoms. The molecule has 10 heteroatoms. The van der Waals surface area contributed by atoms with Gasteiger partial charge in [-0.05, 0) is 29.3 Å². The topological polar surface area (TPSA) is 46.6 Å². The number of ether oxygens (including phenoxy) is 1. The third kappa shape index (κ3) is 5.84. The Morgan fingerprint density at radius 2 is 1.48 bits per heavy atom. The first-order valence-electron chi connectivity index (χ1n) is 9.18. The van der Waals surface area contributed by atoms with Crippen molar-refractivity contribution in [2.45, 2.75) is 38.0 Å². The van der Waals surface area contributed by atoms with Crippen LogP contribution in [0, 0.1) is 0 Å². The molecule has 1 aliphatic heterocycles. The van der Waals surface area contributed by atoms with E-state index in [0.29, 0.717) is 0 Å². The van der Waals surface area contributed by atoms with Crippen LogP contribution in [0.15, 0.2) is 48.5 Å². The summed E-state index contributed by atoms with van der Waals surface area (Å²) in [7, 11) is 0. The highest BCUT2D eigenvalue weighted by atomic mass is 19.4. The molecule has 1 saturated heterocycles. The number of Topliss-reactive ketones (excluding diaryl/α,β-unsaturated/α-hetero) is 1. The van der Waals surface area contributed by atoms with Crippen LogP contribution in [0.5, 0.6) is 0 Å². The zero-order valence-electron chi connectivity index (χ0n) is 16.0. The Bertz CT molecular complexity index is 970. The summed E-state index contributed by atoms with van der Waals surface area (Å²) in [6.07, 6.45) is -9.25. The van der Waals surface area contributed by atoms with Crippen LogP contribution in [0.4, 0.5) is 26.3 Å². The molecule has 3 rings (SSSR count). The van der Waals surface area contributed by atoms with Crippen LogP contribution in [0.25, 0.3) is 0 Å². The fourth-order valence-corrected chi connectivity index (χ4v) is 3.31. The summed E-state index contributed by atoms with van der Waals surface area (Å²) in [5, 5.41) is 0. The lowest BCUT2D eigenvalue weighted by molar-refractivity contribution is -0.150. The Balaban J connectivity index is 1.67. The van der Waals surface area contributed by atoms with Crippen molar-refractivity contribution >= 4 is 11.8 Å². The van der Waals surface area contributed by atoms with Gasteiger partial charge in [-0.2, -0.15) is 26.3 Å². The van der Waals surface area contributed by atoms with Gasteiger partial charge < -0.3 is 4.74 Å². The summed E-state index contributed by atoms with van der Waals surface area (Å²) < 4.78 is 82.2. The summed E-state index contributed by atoms with van der Waals surface area (Å²) in [5.74, 6) is -1.11. The quantitative estimate of drug-likeness (QED) is 0.498. The predicted octanol–water partition coefficient (Wildman–Crippen LogP) is 4.61. The second kappa shape index (κ2) is 8.70. The first-order chi connectivity index (χ1) is 14.4. The van der Waals surface area contributed by atoms with E-state index in [-0.39, 0.29) is 36.4 Å². The van der Waals surface area contributed by atoms with Crippen molar-refractivity contribution in [2.24, 2.45) is 0 Å². The fraction of sp³-hybridized carbons (Fsp3) is 0.333. The Labute approximate surface area is 173 Å². The molecule has 0 unspecified atom stereocenters. The Kier molecular flexibility index (Phi) is 6.40. The summed E-state index contributed by atoms with van der Waals surface area (Å²) >= 11 is 0. The highest BCUT2D eigenvalue weighted by Crippen LogP contribution is 2.31. The van der Waals surface area contributed by atoms with E-state index in [1.807, 2.05) is 0 Å². The SMILES string of the molecule is O=C1C[C@H](C(=O)OCc2cccc(C(F)(F)F)c2)N(Cc2cccc(C(F)(F)F)c2)C1. The molecule has 0 aliphatic carbocycles. The molecule has 1 fully saturated rings. The van der Waals surface area contributed by atoms with Crippen molar-refractivity contribution in [1.29, 1.82) is 0 Å². The van der Waals surface area contributed by atoms with Crippen LogP contribution in [0.1, 0.15) is 28.7 Å². The molecule has 4 nitrogen and oxygen atoms in total. The van der Waals surface area contributed by atoms with Crippen LogP contribution >= 0.6 is 0 Å². The van der Waals surface area contributed by atoms with E-state index in [2.05, 4.69) is 0 Å². The van der Waals surface area contributed by atoms with E-state index in [9.17, 15) is 35.9 Å². The molecular formula is C21H17F6NO3. The number of hydrogen-bond donors (Lipinski definition) is 0. The molecule has 0 N–H and O–H groups in total. The number of likely N-dealkylation sites (tertiary alicyclic amines) is 1. The summed E-state index contributed by atoms with van der Waals surface area (Å²) in [4.78, 5) is 25.7. The maximum atomic E-state index is 12.9. The number of hydrogen-bond acceptors (Lipinski definition) is 4. The van der Waals surface area contributed by atoms with Crippen molar-refractivity contribution < 1.29 is 40.7 Å². The zero-order valence-corrected chi connectivity index (χ0v) is 16.0. The smallest absolute Gasteiger partial charge is 0.416 e. The average Bonchev–Trinajstić information content (AvgIpc) is 3.05. The number of nitrogens with zero attached hydrogens (tertiary/aromatic N) is 1. The number of alkyl halides is 6. The molecule has 31 heavy (non-hydrogen) atoms. The number of ketones is 1. The van der Waals surface area contributed by atoms with Gasteiger partial charge in [0.05, 0.1) is 17.7 Å². The molecule has 1 heterocycles. The summed E-state index contributed by atoms with van der Waals surface area (Å²) in [6, 6.07) is 7.81. The van der Waals surface area contributed by atoms with Gasteiger partial charge in [-0.25, -0.2) is 0 Å². The van der Waals surface area contributed by atoms with E-state index >= 15 is 0 Å². The average molecular weight is 445 g/mol. The molecule has 0 radical (unpaired) electrons. The van der Waals surface area contributed by atoms with Crippen molar-refractivity contribution in [1.82, 2.24) is 4.90 Å². The molecule has 0 bridgehead atoms. The lowest BCUT2D eigenvalue weighted by atomic mass is 10.1. The molecule has 1 aliphatic rings. The minimum Gasteiger partial charge on any atom is -0.460 e. The van der Waals surface area contributed by atoms with Gasteiger partial charge in [0.25, 0.3) is 0 Å². The molecule has 166 valence electrons. The van der Waals surface area contributed by atoms with Gasteiger partial charge in [-0.3, -0.25) is 14.5 Å². The van der Waals surface area contributed by atoms with E-state index in [1.54, 1.807) is 0 Å².